The Morgan fingerprint density at radius 1 is 1.53 bits per heavy atom. The molecule has 1 amide bonds. The third-order valence-corrected chi connectivity index (χ3v) is 2.71. The normalized spacial score (nSPS) is 9.74. The highest BCUT2D eigenvalue weighted by molar-refractivity contribution is 6.33. The Kier molecular flexibility index (Phi) is 6.72. The van der Waals surface area contributed by atoms with Gasteiger partial charge >= 0.3 is 0 Å². The monoisotopic (exact) mass is 281 g/mol. The van der Waals surface area contributed by atoms with Crippen LogP contribution in [0.3, 0.4) is 0 Å². The van der Waals surface area contributed by atoms with Gasteiger partial charge in [0.15, 0.2) is 0 Å². The van der Waals surface area contributed by atoms with Crippen molar-refractivity contribution in [3.05, 3.63) is 28.8 Å². The Morgan fingerprint density at radius 2 is 2.32 bits per heavy atom. The SMILES string of the molecule is COCCCNC(=O)CNc1cc(C#N)ccc1Cl. The second-order valence-electron chi connectivity index (χ2n) is 3.86. The van der Waals surface area contributed by atoms with Crippen molar-refractivity contribution >= 4 is 23.2 Å². The van der Waals surface area contributed by atoms with Gasteiger partial charge in [0, 0.05) is 20.3 Å². The van der Waals surface area contributed by atoms with Crippen molar-refractivity contribution in [2.75, 3.05) is 32.1 Å². The van der Waals surface area contributed by atoms with Gasteiger partial charge in [-0.3, -0.25) is 4.79 Å². The van der Waals surface area contributed by atoms with Crippen LogP contribution in [0.2, 0.25) is 5.02 Å². The van der Waals surface area contributed by atoms with Crippen LogP contribution in [0, 0.1) is 11.3 Å². The van der Waals surface area contributed by atoms with E-state index in [1.165, 1.54) is 0 Å². The second-order valence-corrected chi connectivity index (χ2v) is 4.26. The summed E-state index contributed by atoms with van der Waals surface area (Å²) in [6.07, 6.45) is 0.771. The lowest BCUT2D eigenvalue weighted by atomic mass is 10.2. The maximum Gasteiger partial charge on any atom is 0.239 e. The number of halogens is 1. The van der Waals surface area contributed by atoms with Crippen molar-refractivity contribution in [1.82, 2.24) is 5.32 Å². The molecule has 0 aliphatic carbocycles. The molecular formula is C13H16ClN3O2. The molecule has 1 aromatic rings. The Bertz CT molecular complexity index is 471. The molecule has 6 heteroatoms. The minimum absolute atomic E-state index is 0.113. The summed E-state index contributed by atoms with van der Waals surface area (Å²) in [5.74, 6) is -0.130. The third-order valence-electron chi connectivity index (χ3n) is 2.38. The van der Waals surface area contributed by atoms with E-state index in [2.05, 4.69) is 10.6 Å². The number of nitrogens with zero attached hydrogens (tertiary/aromatic N) is 1. The van der Waals surface area contributed by atoms with Crippen molar-refractivity contribution in [2.24, 2.45) is 0 Å². The molecular weight excluding hydrogens is 266 g/mol. The number of hydrogen-bond donors (Lipinski definition) is 2. The third kappa shape index (κ3) is 5.60. The van der Waals surface area contributed by atoms with E-state index in [1.54, 1.807) is 25.3 Å². The molecule has 0 radical (unpaired) electrons. The minimum atomic E-state index is -0.130. The van der Waals surface area contributed by atoms with Crippen molar-refractivity contribution in [1.29, 1.82) is 5.26 Å². The molecule has 102 valence electrons. The van der Waals surface area contributed by atoms with Gasteiger partial charge in [-0.2, -0.15) is 5.26 Å². The number of anilines is 1. The molecule has 19 heavy (non-hydrogen) atoms. The van der Waals surface area contributed by atoms with Crippen LogP contribution in [0.4, 0.5) is 5.69 Å². The molecule has 0 aliphatic rings. The van der Waals surface area contributed by atoms with E-state index in [-0.39, 0.29) is 12.5 Å². The van der Waals surface area contributed by atoms with E-state index in [0.29, 0.717) is 29.4 Å². The van der Waals surface area contributed by atoms with Gasteiger partial charge in [-0.15, -0.1) is 0 Å². The Hall–Kier alpha value is -1.77. The first-order valence-electron chi connectivity index (χ1n) is 5.86. The highest BCUT2D eigenvalue weighted by Gasteiger charge is 2.04. The molecule has 0 heterocycles. The predicted molar refractivity (Wildman–Crippen MR) is 74.2 cm³/mol. The van der Waals surface area contributed by atoms with E-state index < -0.39 is 0 Å². The molecule has 0 fully saturated rings. The van der Waals surface area contributed by atoms with Crippen molar-refractivity contribution in [3.63, 3.8) is 0 Å². The molecule has 2 N–H and O–H groups in total. The maximum atomic E-state index is 11.5. The van der Waals surface area contributed by atoms with E-state index >= 15 is 0 Å². The average Bonchev–Trinajstić information content (AvgIpc) is 2.43. The lowest BCUT2D eigenvalue weighted by molar-refractivity contribution is -0.119. The quantitative estimate of drug-likeness (QED) is 0.747. The molecule has 0 saturated carbocycles. The Labute approximate surface area is 117 Å². The highest BCUT2D eigenvalue weighted by atomic mass is 35.5. The van der Waals surface area contributed by atoms with Crippen LogP contribution in [0.5, 0.6) is 0 Å². The van der Waals surface area contributed by atoms with Crippen LogP contribution in [-0.4, -0.2) is 32.7 Å². The summed E-state index contributed by atoms with van der Waals surface area (Å²) >= 11 is 5.96. The molecule has 0 spiro atoms. The molecule has 0 aliphatic heterocycles. The zero-order chi connectivity index (χ0) is 14.1. The van der Waals surface area contributed by atoms with Gasteiger partial charge in [0.05, 0.1) is 28.9 Å². The maximum absolute atomic E-state index is 11.5. The summed E-state index contributed by atoms with van der Waals surface area (Å²) in [6.45, 7) is 1.30. The van der Waals surface area contributed by atoms with Gasteiger partial charge in [-0.05, 0) is 24.6 Å². The highest BCUT2D eigenvalue weighted by Crippen LogP contribution is 2.22. The number of carbonyl (C=O) groups is 1. The minimum Gasteiger partial charge on any atom is -0.385 e. The fraction of sp³-hybridized carbons (Fsp3) is 0.385. The summed E-state index contributed by atoms with van der Waals surface area (Å²) < 4.78 is 4.88. The molecule has 0 unspecified atom stereocenters. The standard InChI is InChI=1S/C13H16ClN3O2/c1-19-6-2-5-16-13(18)9-17-12-7-10(8-15)3-4-11(12)14/h3-4,7,17H,2,5-6,9H2,1H3,(H,16,18). The summed E-state index contributed by atoms with van der Waals surface area (Å²) in [6, 6.07) is 6.88. The first-order valence-corrected chi connectivity index (χ1v) is 6.24. The topological polar surface area (TPSA) is 74.2 Å². The summed E-state index contributed by atoms with van der Waals surface area (Å²) in [5.41, 5.74) is 1.07. The molecule has 1 aromatic carbocycles. The van der Waals surface area contributed by atoms with E-state index in [1.807, 2.05) is 6.07 Å². The number of nitrogens with one attached hydrogen (secondary N) is 2. The van der Waals surface area contributed by atoms with Crippen molar-refractivity contribution in [3.8, 4) is 6.07 Å². The number of ether oxygens (including phenoxy) is 1. The molecule has 0 aromatic heterocycles. The number of methoxy groups -OCH3 is 1. The molecule has 5 nitrogen and oxygen atoms in total. The van der Waals surface area contributed by atoms with Crippen molar-refractivity contribution in [2.45, 2.75) is 6.42 Å². The number of rotatable bonds is 7. The predicted octanol–water partition coefficient (Wildman–Crippen LogP) is 1.78. The van der Waals surface area contributed by atoms with Gasteiger partial charge in [0.2, 0.25) is 5.91 Å². The van der Waals surface area contributed by atoms with Crippen molar-refractivity contribution < 1.29 is 9.53 Å². The van der Waals surface area contributed by atoms with E-state index in [0.717, 1.165) is 6.42 Å². The fourth-order valence-electron chi connectivity index (χ4n) is 1.41. The average molecular weight is 282 g/mol. The van der Waals surface area contributed by atoms with Gasteiger partial charge in [0.1, 0.15) is 0 Å². The van der Waals surface area contributed by atoms with Crippen LogP contribution >= 0.6 is 11.6 Å². The van der Waals surface area contributed by atoms with Gasteiger partial charge in [-0.1, -0.05) is 11.6 Å². The Balaban J connectivity index is 2.40. The number of nitriles is 1. The van der Waals surface area contributed by atoms with Crippen LogP contribution in [0.15, 0.2) is 18.2 Å². The second kappa shape index (κ2) is 8.35. The summed E-state index contributed by atoms with van der Waals surface area (Å²) in [7, 11) is 1.62. The fourth-order valence-corrected chi connectivity index (χ4v) is 1.60. The van der Waals surface area contributed by atoms with Crippen LogP contribution in [0.25, 0.3) is 0 Å². The van der Waals surface area contributed by atoms with Crippen LogP contribution < -0.4 is 10.6 Å². The molecule has 0 saturated heterocycles. The Morgan fingerprint density at radius 3 is 3.00 bits per heavy atom. The smallest absolute Gasteiger partial charge is 0.239 e. The summed E-state index contributed by atoms with van der Waals surface area (Å²) in [4.78, 5) is 11.5. The molecule has 0 bridgehead atoms. The summed E-state index contributed by atoms with van der Waals surface area (Å²) in [5, 5.41) is 14.9. The number of carbonyl (C=O) groups excluding carboxylic acids is 1. The zero-order valence-electron chi connectivity index (χ0n) is 10.7. The van der Waals surface area contributed by atoms with Gasteiger partial charge < -0.3 is 15.4 Å². The largest absolute Gasteiger partial charge is 0.385 e. The number of hydrogen-bond acceptors (Lipinski definition) is 4. The molecule has 0 atom stereocenters. The number of amides is 1. The van der Waals surface area contributed by atoms with E-state index in [9.17, 15) is 4.79 Å². The first kappa shape index (κ1) is 15.3. The van der Waals surface area contributed by atoms with Crippen LogP contribution in [-0.2, 0) is 9.53 Å². The zero-order valence-corrected chi connectivity index (χ0v) is 11.5. The lowest BCUT2D eigenvalue weighted by Gasteiger charge is -2.09. The van der Waals surface area contributed by atoms with Gasteiger partial charge in [-0.25, -0.2) is 0 Å². The van der Waals surface area contributed by atoms with E-state index in [4.69, 9.17) is 21.6 Å². The first-order chi connectivity index (χ1) is 9.17. The lowest BCUT2D eigenvalue weighted by Crippen LogP contribution is -2.31. The molecule has 1 rings (SSSR count). The van der Waals surface area contributed by atoms with Crippen LogP contribution in [0.1, 0.15) is 12.0 Å². The number of benzene rings is 1. The van der Waals surface area contributed by atoms with Gasteiger partial charge in [0.25, 0.3) is 0 Å².